The van der Waals surface area contributed by atoms with Crippen molar-refractivity contribution in [3.8, 4) is 0 Å². The van der Waals surface area contributed by atoms with E-state index in [1.165, 1.54) is 0 Å². The lowest BCUT2D eigenvalue weighted by Crippen LogP contribution is -3.00. The van der Waals surface area contributed by atoms with Gasteiger partial charge in [-0.2, -0.15) is 4.98 Å². The number of nitrogens with zero attached hydrogens (tertiary/aromatic N) is 9. The monoisotopic (exact) mass is 377 g/mol. The van der Waals surface area contributed by atoms with Gasteiger partial charge < -0.3 is 22.2 Å². The van der Waals surface area contributed by atoms with Gasteiger partial charge in [0.2, 0.25) is 11.9 Å². The molecular weight excluding hydrogens is 353 g/mol. The van der Waals surface area contributed by atoms with Gasteiger partial charge in [-0.05, 0) is 0 Å². The van der Waals surface area contributed by atoms with Crippen LogP contribution in [0.5, 0.6) is 0 Å². The molecule has 0 N–H and O–H groups in total. The Balaban J connectivity index is 0.00000104. The summed E-state index contributed by atoms with van der Waals surface area (Å²) >= 11 is 0. The Morgan fingerprint density at radius 1 is 0.750 bits per heavy atom. The lowest BCUT2D eigenvalue weighted by atomic mass is 10.3. The van der Waals surface area contributed by atoms with E-state index in [0.717, 1.165) is 62.3 Å². The third kappa shape index (κ3) is 3.12. The smallest absolute Gasteiger partial charge is 0.338 e. The van der Waals surface area contributed by atoms with Crippen LogP contribution in [0.1, 0.15) is 0 Å². The quantitative estimate of drug-likeness (QED) is 0.501. The maximum atomic E-state index is 4.77. The highest BCUT2D eigenvalue weighted by molar-refractivity contribution is 5.85. The standard InChI is InChI=1S/C13H24N9.2ClH/c1-17(2)11-14-12(18(3)4)16-13(15-11)22-8-19-5-20(9-22)7-21(6-19)10-22;;/h5-10H2,1-4H3;2*1H/q+1;;/p-1. The highest BCUT2D eigenvalue weighted by Crippen LogP contribution is 2.33. The van der Waals surface area contributed by atoms with E-state index in [9.17, 15) is 0 Å². The van der Waals surface area contributed by atoms with Crippen LogP contribution in [0.25, 0.3) is 0 Å². The van der Waals surface area contributed by atoms with E-state index in [0.29, 0.717) is 0 Å². The molecule has 5 rings (SSSR count). The molecule has 4 aliphatic rings. The van der Waals surface area contributed by atoms with Crippen LogP contribution < -0.4 is 26.7 Å². The summed E-state index contributed by atoms with van der Waals surface area (Å²) < 4.78 is 0.782. The lowest BCUT2D eigenvalue weighted by Gasteiger charge is -2.59. The molecule has 9 nitrogen and oxygen atoms in total. The van der Waals surface area contributed by atoms with E-state index >= 15 is 0 Å². The molecule has 4 saturated heterocycles. The Labute approximate surface area is 155 Å². The molecule has 24 heavy (non-hydrogen) atoms. The van der Waals surface area contributed by atoms with Gasteiger partial charge >= 0.3 is 5.95 Å². The third-order valence-electron chi connectivity index (χ3n) is 4.44. The molecular formula is C13H25Cl2N9. The largest absolute Gasteiger partial charge is 1.00 e. The highest BCUT2D eigenvalue weighted by atomic mass is 35.5. The van der Waals surface area contributed by atoms with Crippen LogP contribution in [-0.4, -0.2) is 97.9 Å². The normalized spacial score (nSPS) is 32.8. The van der Waals surface area contributed by atoms with Gasteiger partial charge in [-0.15, -0.1) is 22.4 Å². The Morgan fingerprint density at radius 2 is 1.12 bits per heavy atom. The fourth-order valence-electron chi connectivity index (χ4n) is 3.68. The van der Waals surface area contributed by atoms with Gasteiger partial charge in [-0.25, -0.2) is 19.2 Å². The zero-order chi connectivity index (χ0) is 15.5. The molecule has 0 unspecified atom stereocenters. The molecule has 0 spiro atoms. The van der Waals surface area contributed by atoms with Gasteiger partial charge in [0, 0.05) is 28.2 Å². The zero-order valence-corrected chi connectivity index (χ0v) is 16.1. The van der Waals surface area contributed by atoms with Crippen molar-refractivity contribution in [2.45, 2.75) is 0 Å². The molecule has 0 aliphatic carbocycles. The van der Waals surface area contributed by atoms with Crippen molar-refractivity contribution in [1.82, 2.24) is 34.1 Å². The van der Waals surface area contributed by atoms with Crippen LogP contribution >= 0.6 is 12.4 Å². The first-order valence-electron chi connectivity index (χ1n) is 7.60. The van der Waals surface area contributed by atoms with Crippen LogP contribution in [0.3, 0.4) is 0 Å². The van der Waals surface area contributed by atoms with Crippen LogP contribution in [0, 0.1) is 0 Å². The van der Waals surface area contributed by atoms with Crippen molar-refractivity contribution in [3.63, 3.8) is 0 Å². The van der Waals surface area contributed by atoms with E-state index in [2.05, 4.69) is 19.7 Å². The topological polar surface area (TPSA) is 54.9 Å². The summed E-state index contributed by atoms with van der Waals surface area (Å²) in [5.74, 6) is 2.33. The van der Waals surface area contributed by atoms with Gasteiger partial charge in [0.05, 0.1) is 20.0 Å². The van der Waals surface area contributed by atoms with Gasteiger partial charge in [0.15, 0.2) is 0 Å². The first-order chi connectivity index (χ1) is 10.4. The molecule has 1 aromatic rings. The number of hydrogen-bond donors (Lipinski definition) is 0. The molecule has 136 valence electrons. The van der Waals surface area contributed by atoms with Crippen molar-refractivity contribution in [1.29, 1.82) is 0 Å². The molecule has 1 aromatic heterocycles. The maximum Gasteiger partial charge on any atom is 0.338 e. The summed E-state index contributed by atoms with van der Waals surface area (Å²) in [4.78, 5) is 25.4. The van der Waals surface area contributed by atoms with Gasteiger partial charge in [-0.3, -0.25) is 0 Å². The van der Waals surface area contributed by atoms with Crippen LogP contribution in [0.15, 0.2) is 0 Å². The molecule has 0 radical (unpaired) electrons. The molecule has 4 aliphatic heterocycles. The highest BCUT2D eigenvalue weighted by Gasteiger charge is 2.52. The van der Waals surface area contributed by atoms with Crippen molar-refractivity contribution in [2.24, 2.45) is 0 Å². The SMILES string of the molecule is CN(C)c1nc(N(C)C)nc([N+]23CN4CN(CN(C4)C2)C3)n1.Cl.[Cl-]. The number of halogens is 2. The molecule has 0 amide bonds. The Kier molecular flexibility index (Phi) is 5.43. The van der Waals surface area contributed by atoms with E-state index in [-0.39, 0.29) is 24.8 Å². The van der Waals surface area contributed by atoms with Crippen molar-refractivity contribution >= 4 is 30.3 Å². The zero-order valence-electron chi connectivity index (χ0n) is 14.6. The number of rotatable bonds is 3. The lowest BCUT2D eigenvalue weighted by molar-refractivity contribution is -0.191. The van der Waals surface area contributed by atoms with Gasteiger partial charge in [-0.1, -0.05) is 0 Å². The summed E-state index contributed by atoms with van der Waals surface area (Å²) in [7, 11) is 7.90. The Bertz CT molecular complexity index is 533. The summed E-state index contributed by atoms with van der Waals surface area (Å²) in [6, 6.07) is 0. The van der Waals surface area contributed by atoms with E-state index in [1.807, 2.05) is 38.0 Å². The molecule has 5 heterocycles. The predicted molar refractivity (Wildman–Crippen MR) is 92.2 cm³/mol. The molecule has 0 atom stereocenters. The van der Waals surface area contributed by atoms with Crippen molar-refractivity contribution in [3.05, 3.63) is 0 Å². The number of aromatic nitrogens is 3. The first kappa shape index (κ1) is 19.4. The summed E-state index contributed by atoms with van der Waals surface area (Å²) in [6.45, 7) is 6.12. The minimum atomic E-state index is 0. The molecule has 4 fully saturated rings. The summed E-state index contributed by atoms with van der Waals surface area (Å²) in [6.07, 6.45) is 0. The average Bonchev–Trinajstić information content (AvgIpc) is 2.45. The Morgan fingerprint density at radius 3 is 1.46 bits per heavy atom. The summed E-state index contributed by atoms with van der Waals surface area (Å²) in [5, 5.41) is 0. The third-order valence-corrected chi connectivity index (χ3v) is 4.44. The fraction of sp³-hybridized carbons (Fsp3) is 0.769. The van der Waals surface area contributed by atoms with Gasteiger partial charge in [0.1, 0.15) is 20.0 Å². The Hall–Kier alpha value is -0.970. The second kappa shape index (κ2) is 6.74. The molecule has 11 heteroatoms. The van der Waals surface area contributed by atoms with E-state index < -0.39 is 0 Å². The molecule has 0 aromatic carbocycles. The number of quaternary nitrogens is 1. The van der Waals surface area contributed by atoms with Gasteiger partial charge in [0.25, 0.3) is 0 Å². The van der Waals surface area contributed by atoms with Crippen LogP contribution in [-0.2, 0) is 0 Å². The molecule has 0 saturated carbocycles. The minimum absolute atomic E-state index is 0. The van der Waals surface area contributed by atoms with Crippen molar-refractivity contribution < 1.29 is 12.4 Å². The predicted octanol–water partition coefficient (Wildman–Crippen LogP) is -3.57. The van der Waals surface area contributed by atoms with E-state index in [1.54, 1.807) is 0 Å². The van der Waals surface area contributed by atoms with E-state index in [4.69, 9.17) is 9.97 Å². The second-order valence-corrected chi connectivity index (χ2v) is 7.03. The van der Waals surface area contributed by atoms with Crippen LogP contribution in [0.2, 0.25) is 0 Å². The maximum absolute atomic E-state index is 4.77. The second-order valence-electron chi connectivity index (χ2n) is 7.03. The average molecular weight is 378 g/mol. The minimum Gasteiger partial charge on any atom is -1.00 e. The fourth-order valence-corrected chi connectivity index (χ4v) is 3.68. The first-order valence-corrected chi connectivity index (χ1v) is 7.60. The van der Waals surface area contributed by atoms with Crippen LogP contribution in [0.4, 0.5) is 17.8 Å². The number of hydrogen-bond acceptors (Lipinski definition) is 8. The van der Waals surface area contributed by atoms with Crippen molar-refractivity contribution in [2.75, 3.05) is 78.0 Å². The summed E-state index contributed by atoms with van der Waals surface area (Å²) in [5.41, 5.74) is 0. The number of anilines is 2. The molecule has 4 bridgehead atoms.